The number of fused-ring (bicyclic) bond motifs is 1. The molecule has 2 aromatic carbocycles. The Balaban J connectivity index is 1.24. The number of nitrogens with zero attached hydrogens (tertiary/aromatic N) is 3. The molecule has 15 heteroatoms. The summed E-state index contributed by atoms with van der Waals surface area (Å²) in [7, 11) is 1.42. The number of carboxylic acid groups (broad SMARTS) is 1. The van der Waals surface area contributed by atoms with Crippen molar-refractivity contribution in [3.05, 3.63) is 104 Å². The Labute approximate surface area is 307 Å². The van der Waals surface area contributed by atoms with Crippen LogP contribution in [0.4, 0.5) is 4.39 Å². The Morgan fingerprint density at radius 2 is 1.77 bits per heavy atom. The molecule has 1 fully saturated rings. The highest BCUT2D eigenvalue weighted by molar-refractivity contribution is 6.39. The summed E-state index contributed by atoms with van der Waals surface area (Å²) in [6, 6.07) is 15.6. The first-order valence-electron chi connectivity index (χ1n) is 16.5. The molecule has 1 saturated heterocycles. The van der Waals surface area contributed by atoms with Crippen molar-refractivity contribution in [2.75, 3.05) is 20.2 Å². The zero-order valence-corrected chi connectivity index (χ0v) is 29.5. The van der Waals surface area contributed by atoms with Gasteiger partial charge in [0.2, 0.25) is 11.8 Å². The van der Waals surface area contributed by atoms with Gasteiger partial charge in [-0.15, -0.1) is 0 Å². The lowest BCUT2D eigenvalue weighted by atomic mass is 9.97. The first-order valence-corrected chi connectivity index (χ1v) is 17.2. The second-order valence-electron chi connectivity index (χ2n) is 12.4. The van der Waals surface area contributed by atoms with E-state index in [9.17, 15) is 19.5 Å². The van der Waals surface area contributed by atoms with Gasteiger partial charge in [-0.1, -0.05) is 59.6 Å². The fourth-order valence-electron chi connectivity index (χ4n) is 6.14. The quantitative estimate of drug-likeness (QED) is 0.106. The lowest BCUT2D eigenvalue weighted by Crippen LogP contribution is -2.35. The minimum Gasteiger partial charge on any atom is -0.481 e. The summed E-state index contributed by atoms with van der Waals surface area (Å²) in [4.78, 5) is 44.4. The normalized spacial score (nSPS) is 14.8. The first kappa shape index (κ1) is 36.9. The Hall–Kier alpha value is -4.92. The van der Waals surface area contributed by atoms with Crippen molar-refractivity contribution >= 4 is 40.7 Å². The molecule has 3 aromatic heterocycles. The fraction of sp³-hybridized carbons (Fsp3) is 0.270. The molecule has 0 saturated carbocycles. The van der Waals surface area contributed by atoms with Crippen molar-refractivity contribution < 1.29 is 28.9 Å². The van der Waals surface area contributed by atoms with Crippen LogP contribution in [0.25, 0.3) is 39.2 Å². The molecule has 1 amide bonds. The monoisotopic (exact) mass is 748 g/mol. The second-order valence-corrected chi connectivity index (χ2v) is 13.1. The molecule has 1 unspecified atom stereocenters. The number of aliphatic hydroxyl groups excluding tert-OH is 1. The average Bonchev–Trinajstić information content (AvgIpc) is 3.54. The zero-order chi connectivity index (χ0) is 36.9. The van der Waals surface area contributed by atoms with Crippen molar-refractivity contribution in [1.29, 1.82) is 0 Å². The first-order chi connectivity index (χ1) is 25.0. The van der Waals surface area contributed by atoms with Gasteiger partial charge in [0, 0.05) is 84.9 Å². The number of aliphatic hydroxyl groups is 1. The third-order valence-corrected chi connectivity index (χ3v) is 9.58. The number of aliphatic carboxylic acids is 1. The summed E-state index contributed by atoms with van der Waals surface area (Å²) >= 11 is 14.0. The summed E-state index contributed by atoms with van der Waals surface area (Å²) in [5.41, 5.74) is 3.99. The van der Waals surface area contributed by atoms with Crippen LogP contribution in [-0.4, -0.2) is 68.8 Å². The maximum atomic E-state index is 15.5. The number of carboxylic acids is 1. The molecule has 5 N–H and O–H groups in total. The molecule has 12 nitrogen and oxygen atoms in total. The minimum absolute atomic E-state index is 0.00479. The van der Waals surface area contributed by atoms with Gasteiger partial charge in [-0.05, 0) is 24.1 Å². The van der Waals surface area contributed by atoms with Crippen LogP contribution in [0.15, 0.2) is 71.8 Å². The number of rotatable bonds is 14. The van der Waals surface area contributed by atoms with Gasteiger partial charge < -0.3 is 30.9 Å². The molecule has 4 heterocycles. The number of methoxy groups -OCH3 is 1. The average molecular weight is 750 g/mol. The van der Waals surface area contributed by atoms with Crippen molar-refractivity contribution in [2.45, 2.75) is 44.5 Å². The Bertz CT molecular complexity index is 2220. The number of pyridine rings is 2. The van der Waals surface area contributed by atoms with Crippen molar-refractivity contribution in [2.24, 2.45) is 0 Å². The van der Waals surface area contributed by atoms with Gasteiger partial charge >= 0.3 is 5.97 Å². The van der Waals surface area contributed by atoms with E-state index < -0.39 is 24.3 Å². The number of hydrogen-bond acceptors (Lipinski definition) is 9. The van der Waals surface area contributed by atoms with Crippen LogP contribution in [0.3, 0.4) is 0 Å². The van der Waals surface area contributed by atoms with Crippen LogP contribution in [0, 0.1) is 5.82 Å². The second kappa shape index (κ2) is 16.2. The van der Waals surface area contributed by atoms with Crippen LogP contribution in [0.1, 0.15) is 30.4 Å². The summed E-state index contributed by atoms with van der Waals surface area (Å²) in [6.07, 6.45) is 2.74. The molecular formula is C37H35Cl2FN6O6. The maximum absolute atomic E-state index is 15.5. The van der Waals surface area contributed by atoms with Crippen LogP contribution in [0.5, 0.6) is 5.88 Å². The van der Waals surface area contributed by atoms with E-state index >= 15 is 4.39 Å². The van der Waals surface area contributed by atoms with E-state index in [0.29, 0.717) is 62.0 Å². The highest BCUT2D eigenvalue weighted by Crippen LogP contribution is 2.42. The minimum atomic E-state index is -1.12. The number of nitrogens with one attached hydrogen (secondary N) is 3. The van der Waals surface area contributed by atoms with E-state index in [0.717, 1.165) is 6.42 Å². The van der Waals surface area contributed by atoms with Gasteiger partial charge in [0.05, 0.1) is 40.9 Å². The third-order valence-electron chi connectivity index (χ3n) is 8.76. The van der Waals surface area contributed by atoms with Gasteiger partial charge in [0.25, 0.3) is 5.56 Å². The fourth-order valence-corrected chi connectivity index (χ4v) is 6.80. The molecule has 6 rings (SSSR count). The SMILES string of the molecule is COc1nc(-c2cccc(-c3cccc(-c4ccn5c(=O)c(CNCC(O)CC(=O)O)cnc5c4)c3Cl)c2Cl)cc(F)c1CNC[C@@H]1CCC(=O)N1. The summed E-state index contributed by atoms with van der Waals surface area (Å²) in [5, 5.41) is 28.2. The van der Waals surface area contributed by atoms with Gasteiger partial charge in [-0.25, -0.2) is 14.4 Å². The lowest BCUT2D eigenvalue weighted by molar-refractivity contribution is -0.139. The number of halogens is 3. The molecule has 0 spiro atoms. The number of benzene rings is 2. The van der Waals surface area contributed by atoms with Gasteiger partial charge in [0.1, 0.15) is 11.5 Å². The molecule has 1 aliphatic rings. The molecule has 2 atom stereocenters. The van der Waals surface area contributed by atoms with Crippen molar-refractivity contribution in [3.8, 4) is 39.4 Å². The smallest absolute Gasteiger partial charge is 0.306 e. The predicted octanol–water partition coefficient (Wildman–Crippen LogP) is 4.84. The highest BCUT2D eigenvalue weighted by atomic mass is 35.5. The van der Waals surface area contributed by atoms with E-state index in [1.165, 1.54) is 23.8 Å². The van der Waals surface area contributed by atoms with Crippen molar-refractivity contribution in [3.63, 3.8) is 0 Å². The Morgan fingerprint density at radius 1 is 1.06 bits per heavy atom. The zero-order valence-electron chi connectivity index (χ0n) is 28.0. The Morgan fingerprint density at radius 3 is 2.46 bits per heavy atom. The maximum Gasteiger partial charge on any atom is 0.306 e. The van der Waals surface area contributed by atoms with E-state index in [2.05, 4.69) is 25.9 Å². The topological polar surface area (TPSA) is 167 Å². The molecule has 0 bridgehead atoms. The van der Waals surface area contributed by atoms with Gasteiger partial charge in [-0.3, -0.25) is 18.8 Å². The number of amides is 1. The van der Waals surface area contributed by atoms with E-state index in [1.807, 2.05) is 24.3 Å². The van der Waals surface area contributed by atoms with Gasteiger partial charge in [0.15, 0.2) is 0 Å². The molecule has 270 valence electrons. The molecule has 0 radical (unpaired) electrons. The van der Waals surface area contributed by atoms with Crippen LogP contribution in [-0.2, 0) is 22.7 Å². The molecule has 52 heavy (non-hydrogen) atoms. The number of hydrogen-bond donors (Lipinski definition) is 5. The summed E-state index contributed by atoms with van der Waals surface area (Å²) < 4.78 is 22.4. The Kier molecular flexibility index (Phi) is 11.5. The highest BCUT2D eigenvalue weighted by Gasteiger charge is 2.22. The molecule has 5 aromatic rings. The lowest BCUT2D eigenvalue weighted by Gasteiger charge is -2.16. The largest absolute Gasteiger partial charge is 0.481 e. The van der Waals surface area contributed by atoms with E-state index in [-0.39, 0.29) is 54.3 Å². The van der Waals surface area contributed by atoms with Crippen molar-refractivity contribution in [1.82, 2.24) is 30.3 Å². The predicted molar refractivity (Wildman–Crippen MR) is 195 cm³/mol. The van der Waals surface area contributed by atoms with Crippen LogP contribution < -0.4 is 26.2 Å². The van der Waals surface area contributed by atoms with E-state index in [4.69, 9.17) is 33.0 Å². The summed E-state index contributed by atoms with van der Waals surface area (Å²) in [6.45, 7) is 0.746. The number of carbonyl (C=O) groups is 2. The number of ether oxygens (including phenoxy) is 1. The number of carbonyl (C=O) groups excluding carboxylic acids is 1. The summed E-state index contributed by atoms with van der Waals surface area (Å²) in [5.74, 6) is -1.51. The van der Waals surface area contributed by atoms with Crippen LogP contribution >= 0.6 is 23.2 Å². The standard InChI is InChI=1S/C37H35Cl2FN6O6/c1-52-36-28(19-42-17-22-8-9-32(48)44-22)29(40)14-30(45-36)27-7-3-6-26(35(27)39)25-5-2-4-24(34(25)38)20-10-11-46-31(12-20)43-16-21(37(46)51)15-41-18-23(47)13-33(49)50/h2-7,10-12,14,16,22-23,41-42,47H,8-9,13,15,17-19H2,1H3,(H,44,48)(H,49,50)/t22-,23?/m0/s1. The van der Waals surface area contributed by atoms with Gasteiger partial charge in [-0.2, -0.15) is 0 Å². The third kappa shape index (κ3) is 8.09. The molecular weight excluding hydrogens is 714 g/mol. The molecule has 1 aliphatic heterocycles. The van der Waals surface area contributed by atoms with Crippen LogP contribution in [0.2, 0.25) is 10.0 Å². The van der Waals surface area contributed by atoms with E-state index in [1.54, 1.807) is 30.5 Å². The number of aromatic nitrogens is 3. The molecule has 0 aliphatic carbocycles.